The quantitative estimate of drug-likeness (QED) is 0.266. The maximum Gasteiger partial charge on any atom is 0.261 e. The summed E-state index contributed by atoms with van der Waals surface area (Å²) in [5.41, 5.74) is 3.70. The van der Waals surface area contributed by atoms with Crippen molar-refractivity contribution in [2.45, 2.75) is 32.6 Å². The normalized spacial score (nSPS) is 11.7. The summed E-state index contributed by atoms with van der Waals surface area (Å²) in [5.74, 6) is -0.797. The van der Waals surface area contributed by atoms with Gasteiger partial charge in [-0.05, 0) is 92.7 Å². The van der Waals surface area contributed by atoms with Gasteiger partial charge in [-0.25, -0.2) is 17.8 Å². The van der Waals surface area contributed by atoms with E-state index in [4.69, 9.17) is 4.98 Å². The van der Waals surface area contributed by atoms with Gasteiger partial charge in [0.2, 0.25) is 0 Å². The third kappa shape index (κ3) is 6.20. The van der Waals surface area contributed by atoms with Crippen molar-refractivity contribution in [1.29, 1.82) is 0 Å². The zero-order valence-corrected chi connectivity index (χ0v) is 23.5. The number of rotatable bonds is 10. The first-order chi connectivity index (χ1) is 18.1. The van der Waals surface area contributed by atoms with Gasteiger partial charge in [0, 0.05) is 24.3 Å². The fourth-order valence-corrected chi connectivity index (χ4v) is 6.17. The minimum Gasteiger partial charge on any atom is -0.302 e. The van der Waals surface area contributed by atoms with Crippen LogP contribution >= 0.6 is 11.3 Å². The first kappa shape index (κ1) is 27.7. The van der Waals surface area contributed by atoms with Crippen LogP contribution in [0.3, 0.4) is 0 Å². The van der Waals surface area contributed by atoms with Crippen LogP contribution in [-0.4, -0.2) is 50.4 Å². The predicted molar refractivity (Wildman–Crippen MR) is 152 cm³/mol. The maximum atomic E-state index is 13.8. The van der Waals surface area contributed by atoms with Crippen molar-refractivity contribution in [2.24, 2.45) is 0 Å². The van der Waals surface area contributed by atoms with Gasteiger partial charge in [-0.2, -0.15) is 0 Å². The molecule has 1 N–H and O–H groups in total. The van der Waals surface area contributed by atoms with Crippen molar-refractivity contribution in [3.05, 3.63) is 83.2 Å². The third-order valence-electron chi connectivity index (χ3n) is 6.49. The van der Waals surface area contributed by atoms with E-state index < -0.39 is 15.8 Å². The molecule has 4 rings (SSSR count). The molecule has 0 aliphatic carbocycles. The molecule has 0 bridgehead atoms. The SMILES string of the molecule is CCN(CC)CCN(C(=O)c1cccc(NS(=O)(=O)c2ccc(F)cc2)c1)c1nc2cc(C)c(C)cc2s1. The number of anilines is 2. The van der Waals surface area contributed by atoms with Gasteiger partial charge in [0.15, 0.2) is 5.13 Å². The van der Waals surface area contributed by atoms with Crippen molar-refractivity contribution in [3.8, 4) is 0 Å². The van der Waals surface area contributed by atoms with Crippen molar-refractivity contribution < 1.29 is 17.6 Å². The molecule has 200 valence electrons. The van der Waals surface area contributed by atoms with Gasteiger partial charge in [0.05, 0.1) is 15.1 Å². The lowest BCUT2D eigenvalue weighted by Gasteiger charge is -2.25. The van der Waals surface area contributed by atoms with Gasteiger partial charge in [-0.3, -0.25) is 14.4 Å². The first-order valence-corrected chi connectivity index (χ1v) is 14.7. The Labute approximate surface area is 227 Å². The molecule has 0 saturated carbocycles. The lowest BCUT2D eigenvalue weighted by Crippen LogP contribution is -2.38. The Morgan fingerprint density at radius 3 is 2.34 bits per heavy atom. The number of sulfonamides is 1. The molecule has 0 aliphatic heterocycles. The molecule has 10 heteroatoms. The summed E-state index contributed by atoms with van der Waals surface area (Å²) < 4.78 is 42.4. The smallest absolute Gasteiger partial charge is 0.261 e. The predicted octanol–water partition coefficient (Wildman–Crippen LogP) is 5.84. The van der Waals surface area contributed by atoms with Crippen LogP contribution < -0.4 is 9.62 Å². The summed E-state index contributed by atoms with van der Waals surface area (Å²) >= 11 is 1.46. The van der Waals surface area contributed by atoms with Gasteiger partial charge in [0.25, 0.3) is 15.9 Å². The second-order valence-electron chi connectivity index (χ2n) is 9.02. The molecule has 0 fully saturated rings. The average Bonchev–Trinajstić information content (AvgIpc) is 3.29. The van der Waals surface area contributed by atoms with E-state index in [1.54, 1.807) is 23.1 Å². The van der Waals surface area contributed by atoms with E-state index in [2.05, 4.69) is 36.5 Å². The lowest BCUT2D eigenvalue weighted by molar-refractivity contribution is 0.0984. The zero-order valence-electron chi connectivity index (χ0n) is 21.9. The average molecular weight is 555 g/mol. The Kier molecular flexibility index (Phi) is 8.44. The molecule has 7 nitrogen and oxygen atoms in total. The molecule has 0 unspecified atom stereocenters. The number of benzene rings is 3. The highest BCUT2D eigenvalue weighted by molar-refractivity contribution is 7.92. The first-order valence-electron chi connectivity index (χ1n) is 12.4. The lowest BCUT2D eigenvalue weighted by atomic mass is 10.1. The second-order valence-corrected chi connectivity index (χ2v) is 11.7. The van der Waals surface area contributed by atoms with E-state index in [1.807, 2.05) is 13.0 Å². The van der Waals surface area contributed by atoms with Crippen LogP contribution in [0.25, 0.3) is 10.2 Å². The molecule has 0 saturated heterocycles. The molecule has 1 heterocycles. The molecule has 38 heavy (non-hydrogen) atoms. The van der Waals surface area contributed by atoms with Crippen LogP contribution in [0.2, 0.25) is 0 Å². The van der Waals surface area contributed by atoms with Gasteiger partial charge in [-0.1, -0.05) is 31.3 Å². The Hall–Kier alpha value is -3.34. The van der Waals surface area contributed by atoms with Crippen molar-refractivity contribution in [1.82, 2.24) is 9.88 Å². The zero-order chi connectivity index (χ0) is 27.4. The largest absolute Gasteiger partial charge is 0.302 e. The van der Waals surface area contributed by atoms with E-state index in [9.17, 15) is 17.6 Å². The minimum absolute atomic E-state index is 0.0726. The van der Waals surface area contributed by atoms with Crippen LogP contribution in [0, 0.1) is 19.7 Å². The summed E-state index contributed by atoms with van der Waals surface area (Å²) in [4.78, 5) is 22.4. The fraction of sp³-hybridized carbons (Fsp3) is 0.286. The monoisotopic (exact) mass is 554 g/mol. The molecule has 0 atom stereocenters. The number of aromatic nitrogens is 1. The number of nitrogens with one attached hydrogen (secondary N) is 1. The van der Waals surface area contributed by atoms with E-state index in [0.717, 1.165) is 46.6 Å². The van der Waals surface area contributed by atoms with Crippen molar-refractivity contribution in [2.75, 3.05) is 35.8 Å². The number of halogens is 1. The van der Waals surface area contributed by atoms with Gasteiger partial charge >= 0.3 is 0 Å². The molecule has 1 amide bonds. The van der Waals surface area contributed by atoms with Gasteiger partial charge in [0.1, 0.15) is 5.82 Å². The molecule has 0 spiro atoms. The highest BCUT2D eigenvalue weighted by atomic mass is 32.2. The number of likely N-dealkylation sites (N-methyl/N-ethyl adjacent to an activating group) is 1. The molecule has 1 aromatic heterocycles. The van der Waals surface area contributed by atoms with Crippen LogP contribution in [0.1, 0.15) is 35.3 Å². The molecule has 0 aliphatic rings. The number of carbonyl (C=O) groups is 1. The Morgan fingerprint density at radius 1 is 0.974 bits per heavy atom. The molecule has 0 radical (unpaired) electrons. The Morgan fingerprint density at radius 2 is 1.66 bits per heavy atom. The van der Waals surface area contributed by atoms with Gasteiger partial charge < -0.3 is 4.90 Å². The van der Waals surface area contributed by atoms with Gasteiger partial charge in [-0.15, -0.1) is 0 Å². The summed E-state index contributed by atoms with van der Waals surface area (Å²) in [7, 11) is -3.96. The minimum atomic E-state index is -3.96. The molecule has 4 aromatic rings. The van der Waals surface area contributed by atoms with E-state index in [1.165, 1.54) is 29.5 Å². The van der Waals surface area contributed by atoms with Crippen molar-refractivity contribution in [3.63, 3.8) is 0 Å². The fourth-order valence-electron chi connectivity index (χ4n) is 4.05. The number of hydrogen-bond donors (Lipinski definition) is 1. The number of amides is 1. The maximum absolute atomic E-state index is 13.8. The van der Waals surface area contributed by atoms with Crippen LogP contribution in [0.4, 0.5) is 15.2 Å². The highest BCUT2D eigenvalue weighted by Crippen LogP contribution is 2.32. The molecule has 3 aromatic carbocycles. The number of thiazole rings is 1. The third-order valence-corrected chi connectivity index (χ3v) is 8.93. The van der Waals surface area contributed by atoms with Crippen LogP contribution in [-0.2, 0) is 10.0 Å². The van der Waals surface area contributed by atoms with E-state index in [-0.39, 0.29) is 16.5 Å². The number of fused-ring (bicyclic) bond motifs is 1. The number of hydrogen-bond acceptors (Lipinski definition) is 6. The van der Waals surface area contributed by atoms with E-state index >= 15 is 0 Å². The highest BCUT2D eigenvalue weighted by Gasteiger charge is 2.23. The Bertz CT molecular complexity index is 1510. The standard InChI is InChI=1S/C28H31FN4O3S2/c1-5-32(6-2)14-15-33(28-30-25-16-19(3)20(4)17-26(25)37-28)27(34)21-8-7-9-23(18-21)31-38(35,36)24-12-10-22(29)11-13-24/h7-13,16-18,31H,5-6,14-15H2,1-4H3. The molecular formula is C28H31FN4O3S2. The van der Waals surface area contributed by atoms with Crippen molar-refractivity contribution >= 4 is 48.3 Å². The number of carbonyl (C=O) groups excluding carboxylic acids is 1. The molecular weight excluding hydrogens is 523 g/mol. The number of aryl methyl sites for hydroxylation is 2. The van der Waals surface area contributed by atoms with Crippen LogP contribution in [0.15, 0.2) is 65.6 Å². The summed E-state index contributed by atoms with van der Waals surface area (Å²) in [6, 6.07) is 15.0. The number of nitrogens with zero attached hydrogens (tertiary/aromatic N) is 3. The topological polar surface area (TPSA) is 82.6 Å². The second kappa shape index (κ2) is 11.6. The summed E-state index contributed by atoms with van der Waals surface area (Å²) in [5, 5.41) is 0.597. The summed E-state index contributed by atoms with van der Waals surface area (Å²) in [6.45, 7) is 11.1. The summed E-state index contributed by atoms with van der Waals surface area (Å²) in [6.07, 6.45) is 0. The van der Waals surface area contributed by atoms with E-state index in [0.29, 0.717) is 23.8 Å². The van der Waals surface area contributed by atoms with Crippen LogP contribution in [0.5, 0.6) is 0 Å². The Balaban J connectivity index is 1.66.